The van der Waals surface area contributed by atoms with Crippen molar-refractivity contribution in [3.05, 3.63) is 28.8 Å². The van der Waals surface area contributed by atoms with Crippen molar-refractivity contribution in [1.29, 1.82) is 0 Å². The SMILES string of the molecule is CN(CCS(C)(=O)=O)c1cc(Cl)ccc1C=O. The lowest BCUT2D eigenvalue weighted by Gasteiger charge is -2.20. The first-order valence-electron chi connectivity index (χ1n) is 4.97. The molecule has 94 valence electrons. The highest BCUT2D eigenvalue weighted by Crippen LogP contribution is 2.22. The van der Waals surface area contributed by atoms with Crippen molar-refractivity contribution >= 4 is 33.4 Å². The Bertz CT molecular complexity index is 513. The van der Waals surface area contributed by atoms with Gasteiger partial charge < -0.3 is 4.90 Å². The molecular formula is C11H14ClNO3S. The number of aldehydes is 1. The van der Waals surface area contributed by atoms with Gasteiger partial charge in [0.15, 0.2) is 6.29 Å². The van der Waals surface area contributed by atoms with E-state index in [9.17, 15) is 13.2 Å². The van der Waals surface area contributed by atoms with Gasteiger partial charge in [-0.2, -0.15) is 0 Å². The Morgan fingerprint density at radius 1 is 1.41 bits per heavy atom. The quantitative estimate of drug-likeness (QED) is 0.767. The lowest BCUT2D eigenvalue weighted by Crippen LogP contribution is -2.25. The summed E-state index contributed by atoms with van der Waals surface area (Å²) in [6, 6.07) is 4.88. The molecule has 0 heterocycles. The van der Waals surface area contributed by atoms with E-state index in [0.717, 1.165) is 6.29 Å². The molecule has 0 amide bonds. The first-order valence-corrected chi connectivity index (χ1v) is 7.41. The number of hydrogen-bond acceptors (Lipinski definition) is 4. The summed E-state index contributed by atoms with van der Waals surface area (Å²) in [6.07, 6.45) is 1.90. The number of rotatable bonds is 5. The van der Waals surface area contributed by atoms with Crippen LogP contribution >= 0.6 is 11.6 Å². The third-order valence-electron chi connectivity index (χ3n) is 2.33. The fourth-order valence-corrected chi connectivity index (χ4v) is 2.14. The minimum atomic E-state index is -3.02. The van der Waals surface area contributed by atoms with E-state index in [1.54, 1.807) is 30.1 Å². The van der Waals surface area contributed by atoms with Crippen LogP contribution < -0.4 is 4.90 Å². The molecular weight excluding hydrogens is 262 g/mol. The van der Waals surface area contributed by atoms with Crippen LogP contribution in [0.5, 0.6) is 0 Å². The second-order valence-electron chi connectivity index (χ2n) is 3.87. The Balaban J connectivity index is 2.91. The number of benzene rings is 1. The molecule has 0 radical (unpaired) electrons. The maximum Gasteiger partial charge on any atom is 0.152 e. The molecule has 0 fully saturated rings. The number of carbonyl (C=O) groups excluding carboxylic acids is 1. The molecule has 0 aliphatic rings. The molecule has 0 aromatic heterocycles. The Labute approximate surface area is 106 Å². The van der Waals surface area contributed by atoms with E-state index in [0.29, 0.717) is 22.8 Å². The molecule has 17 heavy (non-hydrogen) atoms. The van der Waals surface area contributed by atoms with Gasteiger partial charge in [-0.05, 0) is 18.2 Å². The topological polar surface area (TPSA) is 54.5 Å². The summed E-state index contributed by atoms with van der Waals surface area (Å²) < 4.78 is 22.1. The van der Waals surface area contributed by atoms with Gasteiger partial charge in [0.2, 0.25) is 0 Å². The fraction of sp³-hybridized carbons (Fsp3) is 0.364. The smallest absolute Gasteiger partial charge is 0.152 e. The van der Waals surface area contributed by atoms with Gasteiger partial charge in [0.05, 0.1) is 5.75 Å². The Kier molecular flexibility index (Phi) is 4.54. The van der Waals surface area contributed by atoms with Gasteiger partial charge in [-0.3, -0.25) is 4.79 Å². The first-order chi connectivity index (χ1) is 7.83. The Morgan fingerprint density at radius 3 is 2.59 bits per heavy atom. The molecule has 0 bridgehead atoms. The molecule has 0 saturated carbocycles. The standard InChI is InChI=1S/C11H14ClNO3S/c1-13(5-6-17(2,15)16)11-7-10(12)4-3-9(11)8-14/h3-4,7-8H,5-6H2,1-2H3. The van der Waals surface area contributed by atoms with Crippen LogP contribution in [0.1, 0.15) is 10.4 Å². The maximum absolute atomic E-state index is 11.1. The van der Waals surface area contributed by atoms with E-state index < -0.39 is 9.84 Å². The van der Waals surface area contributed by atoms with Crippen molar-refractivity contribution in [2.75, 3.05) is 30.5 Å². The monoisotopic (exact) mass is 275 g/mol. The number of sulfone groups is 1. The van der Waals surface area contributed by atoms with Gasteiger partial charge in [-0.15, -0.1) is 0 Å². The van der Waals surface area contributed by atoms with Crippen LogP contribution in [0.4, 0.5) is 5.69 Å². The molecule has 0 spiro atoms. The van der Waals surface area contributed by atoms with Gasteiger partial charge in [-0.1, -0.05) is 11.6 Å². The predicted octanol–water partition coefficient (Wildman–Crippen LogP) is 1.63. The molecule has 0 aliphatic heterocycles. The van der Waals surface area contributed by atoms with E-state index in [2.05, 4.69) is 0 Å². The van der Waals surface area contributed by atoms with E-state index in [-0.39, 0.29) is 5.75 Å². The summed E-state index contributed by atoms with van der Waals surface area (Å²) >= 11 is 5.85. The van der Waals surface area contributed by atoms with Crippen molar-refractivity contribution in [1.82, 2.24) is 0 Å². The number of halogens is 1. The summed E-state index contributed by atoms with van der Waals surface area (Å²) in [5, 5.41) is 0.511. The zero-order valence-corrected chi connectivity index (χ0v) is 11.3. The molecule has 0 atom stereocenters. The molecule has 0 aliphatic carbocycles. The number of nitrogens with zero attached hydrogens (tertiary/aromatic N) is 1. The second kappa shape index (κ2) is 5.51. The fourth-order valence-electron chi connectivity index (χ4n) is 1.37. The van der Waals surface area contributed by atoms with Crippen LogP contribution in [0.2, 0.25) is 5.02 Å². The minimum absolute atomic E-state index is 0.0360. The molecule has 0 N–H and O–H groups in total. The number of anilines is 1. The highest BCUT2D eigenvalue weighted by atomic mass is 35.5. The molecule has 0 saturated heterocycles. The van der Waals surface area contributed by atoms with E-state index >= 15 is 0 Å². The summed E-state index contributed by atoms with van der Waals surface area (Å²) in [6.45, 7) is 0.319. The predicted molar refractivity (Wildman–Crippen MR) is 69.8 cm³/mol. The summed E-state index contributed by atoms with van der Waals surface area (Å²) in [4.78, 5) is 12.6. The molecule has 1 rings (SSSR count). The molecule has 0 unspecified atom stereocenters. The first kappa shape index (κ1) is 14.0. The summed E-state index contributed by atoms with van der Waals surface area (Å²) in [5.74, 6) is 0.0360. The summed E-state index contributed by atoms with van der Waals surface area (Å²) in [7, 11) is -1.29. The molecule has 6 heteroatoms. The third-order valence-corrected chi connectivity index (χ3v) is 3.49. The normalized spacial score (nSPS) is 11.2. The van der Waals surface area contributed by atoms with Crippen LogP contribution in [0.15, 0.2) is 18.2 Å². The second-order valence-corrected chi connectivity index (χ2v) is 6.57. The maximum atomic E-state index is 11.1. The van der Waals surface area contributed by atoms with Gasteiger partial charge in [0.1, 0.15) is 9.84 Å². The molecule has 1 aromatic carbocycles. The van der Waals surface area contributed by atoms with E-state index in [1.807, 2.05) is 0 Å². The number of carbonyl (C=O) groups is 1. The highest BCUT2D eigenvalue weighted by molar-refractivity contribution is 7.90. The van der Waals surface area contributed by atoms with Crippen molar-refractivity contribution in [3.8, 4) is 0 Å². The van der Waals surface area contributed by atoms with Crippen LogP contribution in [-0.4, -0.2) is 40.3 Å². The summed E-state index contributed by atoms with van der Waals surface area (Å²) in [5.41, 5.74) is 1.13. The van der Waals surface area contributed by atoms with Gasteiger partial charge in [-0.25, -0.2) is 8.42 Å². The van der Waals surface area contributed by atoms with Crippen LogP contribution in [-0.2, 0) is 9.84 Å². The lowest BCUT2D eigenvalue weighted by molar-refractivity contribution is 0.112. The van der Waals surface area contributed by atoms with Crippen molar-refractivity contribution in [3.63, 3.8) is 0 Å². The average Bonchev–Trinajstić information content (AvgIpc) is 2.25. The van der Waals surface area contributed by atoms with Crippen molar-refractivity contribution < 1.29 is 13.2 Å². The van der Waals surface area contributed by atoms with Crippen LogP contribution in [0.25, 0.3) is 0 Å². The Hall–Kier alpha value is -1.07. The highest BCUT2D eigenvalue weighted by Gasteiger charge is 2.10. The van der Waals surface area contributed by atoms with E-state index in [1.165, 1.54) is 6.26 Å². The van der Waals surface area contributed by atoms with E-state index in [4.69, 9.17) is 11.6 Å². The van der Waals surface area contributed by atoms with Gasteiger partial charge in [0.25, 0.3) is 0 Å². The average molecular weight is 276 g/mol. The largest absolute Gasteiger partial charge is 0.373 e. The van der Waals surface area contributed by atoms with Crippen molar-refractivity contribution in [2.45, 2.75) is 0 Å². The molecule has 1 aromatic rings. The zero-order chi connectivity index (χ0) is 13.1. The Morgan fingerprint density at radius 2 is 2.06 bits per heavy atom. The number of hydrogen-bond donors (Lipinski definition) is 0. The minimum Gasteiger partial charge on any atom is -0.373 e. The van der Waals surface area contributed by atoms with Gasteiger partial charge >= 0.3 is 0 Å². The van der Waals surface area contributed by atoms with Gasteiger partial charge in [0, 0.05) is 36.1 Å². The van der Waals surface area contributed by atoms with Crippen LogP contribution in [0.3, 0.4) is 0 Å². The van der Waals surface area contributed by atoms with Crippen LogP contribution in [0, 0.1) is 0 Å². The zero-order valence-electron chi connectivity index (χ0n) is 9.68. The third kappa shape index (κ3) is 4.36. The molecule has 4 nitrogen and oxygen atoms in total. The van der Waals surface area contributed by atoms with Crippen molar-refractivity contribution in [2.24, 2.45) is 0 Å². The lowest BCUT2D eigenvalue weighted by atomic mass is 10.2.